The molecule has 0 saturated heterocycles. The van der Waals surface area contributed by atoms with Crippen molar-refractivity contribution < 1.29 is 4.79 Å². The molecule has 1 rings (SSSR count). The number of carbonyl (C=O) groups excluding carboxylic acids is 1. The minimum atomic E-state index is -0.0837. The Hall–Kier alpha value is -0.740. The van der Waals surface area contributed by atoms with Crippen LogP contribution in [0.5, 0.6) is 0 Å². The first-order valence-corrected chi connectivity index (χ1v) is 6.66. The molecule has 90 valence electrons. The lowest BCUT2D eigenvalue weighted by atomic mass is 9.99. The second-order valence-corrected chi connectivity index (χ2v) is 5.27. The van der Waals surface area contributed by atoms with Crippen LogP contribution in [0.25, 0.3) is 0 Å². The predicted octanol–water partition coefficient (Wildman–Crippen LogP) is 3.17. The number of nitrogens with two attached hydrogens (primary N) is 1. The average molecular weight is 240 g/mol. The Morgan fingerprint density at radius 1 is 1.56 bits per heavy atom. The lowest BCUT2D eigenvalue weighted by molar-refractivity contribution is 0.0958. The summed E-state index contributed by atoms with van der Waals surface area (Å²) in [5, 5.41) is 2.66. The maximum absolute atomic E-state index is 11.9. The fourth-order valence-electron chi connectivity index (χ4n) is 1.64. The maximum Gasteiger partial charge on any atom is 0.182 e. The Morgan fingerprint density at radius 2 is 2.25 bits per heavy atom. The molecule has 0 bridgehead atoms. The third kappa shape index (κ3) is 3.68. The van der Waals surface area contributed by atoms with E-state index in [1.807, 2.05) is 12.3 Å². The molecule has 0 fully saturated rings. The van der Waals surface area contributed by atoms with E-state index >= 15 is 0 Å². The molecule has 1 aromatic rings. The van der Waals surface area contributed by atoms with Crippen LogP contribution in [0.3, 0.4) is 0 Å². The van der Waals surface area contributed by atoms with Crippen LogP contribution in [0.1, 0.15) is 61.6 Å². The summed E-state index contributed by atoms with van der Waals surface area (Å²) >= 11 is 1.47. The summed E-state index contributed by atoms with van der Waals surface area (Å²) < 4.78 is 0. The van der Waals surface area contributed by atoms with Gasteiger partial charge in [0.15, 0.2) is 5.78 Å². The van der Waals surface area contributed by atoms with Gasteiger partial charge >= 0.3 is 0 Å². The van der Waals surface area contributed by atoms with E-state index in [4.69, 9.17) is 5.73 Å². The molecule has 1 aromatic heterocycles. The number of rotatable bonds is 6. The van der Waals surface area contributed by atoms with Crippen LogP contribution < -0.4 is 5.73 Å². The van der Waals surface area contributed by atoms with E-state index in [1.165, 1.54) is 11.3 Å². The first kappa shape index (κ1) is 13.3. The normalized spacial score (nSPS) is 14.8. The third-order valence-electron chi connectivity index (χ3n) is 2.51. The van der Waals surface area contributed by atoms with Crippen molar-refractivity contribution in [2.75, 3.05) is 0 Å². The number of thiazole rings is 1. The first-order valence-electron chi connectivity index (χ1n) is 5.78. The number of Topliss-reactive ketones (excluding diaryl/α,β-unsaturated/α-hetero) is 1. The number of ketones is 1. The molecule has 2 atom stereocenters. The number of nitrogens with zero attached hydrogens (tertiary/aromatic N) is 1. The van der Waals surface area contributed by atoms with Gasteiger partial charge in [0.1, 0.15) is 10.7 Å². The van der Waals surface area contributed by atoms with Crippen molar-refractivity contribution in [3.8, 4) is 0 Å². The Kier molecular flexibility index (Phi) is 5.09. The average Bonchev–Trinajstić information content (AvgIpc) is 2.66. The zero-order valence-electron chi connectivity index (χ0n) is 10.2. The topological polar surface area (TPSA) is 56.0 Å². The largest absolute Gasteiger partial charge is 0.322 e. The van der Waals surface area contributed by atoms with Crippen molar-refractivity contribution >= 4 is 17.1 Å². The zero-order chi connectivity index (χ0) is 12.1. The van der Waals surface area contributed by atoms with Gasteiger partial charge in [0, 0.05) is 11.8 Å². The molecule has 16 heavy (non-hydrogen) atoms. The van der Waals surface area contributed by atoms with Crippen LogP contribution in [0.2, 0.25) is 0 Å². The minimum Gasteiger partial charge on any atom is -0.322 e. The van der Waals surface area contributed by atoms with E-state index in [0.29, 0.717) is 18.0 Å². The van der Waals surface area contributed by atoms with E-state index in [9.17, 15) is 4.79 Å². The highest BCUT2D eigenvalue weighted by atomic mass is 32.1. The fraction of sp³-hybridized carbons (Fsp3) is 0.667. The van der Waals surface area contributed by atoms with Gasteiger partial charge in [-0.25, -0.2) is 4.98 Å². The molecule has 0 spiro atoms. The highest BCUT2D eigenvalue weighted by molar-refractivity contribution is 7.09. The van der Waals surface area contributed by atoms with Crippen molar-refractivity contribution in [2.24, 2.45) is 11.7 Å². The number of hydrogen-bond donors (Lipinski definition) is 1. The number of carbonyl (C=O) groups is 1. The zero-order valence-corrected chi connectivity index (χ0v) is 11.0. The Balaban J connectivity index is 2.59. The third-order valence-corrected chi connectivity index (χ3v) is 3.56. The smallest absolute Gasteiger partial charge is 0.182 e. The molecule has 0 aliphatic heterocycles. The summed E-state index contributed by atoms with van der Waals surface area (Å²) in [5.41, 5.74) is 6.30. The van der Waals surface area contributed by atoms with Crippen LogP contribution >= 0.6 is 11.3 Å². The lowest BCUT2D eigenvalue weighted by Gasteiger charge is -2.06. The molecule has 2 unspecified atom stereocenters. The molecular formula is C12H20N2OS. The van der Waals surface area contributed by atoms with Crippen molar-refractivity contribution in [2.45, 2.75) is 46.1 Å². The molecule has 0 aliphatic rings. The number of hydrogen-bond acceptors (Lipinski definition) is 4. The monoisotopic (exact) mass is 240 g/mol. The van der Waals surface area contributed by atoms with Crippen molar-refractivity contribution in [1.29, 1.82) is 0 Å². The molecule has 2 N–H and O–H groups in total. The van der Waals surface area contributed by atoms with E-state index in [0.717, 1.165) is 17.8 Å². The molecule has 3 nitrogen and oxygen atoms in total. The molecule has 0 aliphatic carbocycles. The minimum absolute atomic E-state index is 0.0837. The van der Waals surface area contributed by atoms with Gasteiger partial charge in [-0.05, 0) is 12.8 Å². The molecule has 0 radical (unpaired) electrons. The van der Waals surface area contributed by atoms with Crippen molar-refractivity contribution in [3.05, 3.63) is 16.1 Å². The standard InChI is InChI=1S/C12H20N2OS/c1-4-5-8(2)6-11(15)10-7-16-12(14-10)9(3)13/h7-9H,4-6,13H2,1-3H3. The number of aromatic nitrogens is 1. The highest BCUT2D eigenvalue weighted by Gasteiger charge is 2.15. The van der Waals surface area contributed by atoms with Crippen LogP contribution in [0.4, 0.5) is 0 Å². The Morgan fingerprint density at radius 3 is 2.75 bits per heavy atom. The quantitative estimate of drug-likeness (QED) is 0.777. The fourth-order valence-corrected chi connectivity index (χ4v) is 2.42. The molecule has 0 aromatic carbocycles. The van der Waals surface area contributed by atoms with E-state index in [-0.39, 0.29) is 11.8 Å². The van der Waals surface area contributed by atoms with Crippen molar-refractivity contribution in [3.63, 3.8) is 0 Å². The molecule has 0 amide bonds. The Bertz CT molecular complexity index is 347. The van der Waals surface area contributed by atoms with Crippen molar-refractivity contribution in [1.82, 2.24) is 4.98 Å². The summed E-state index contributed by atoms with van der Waals surface area (Å²) in [5.74, 6) is 0.585. The molecule has 0 saturated carbocycles. The second-order valence-electron chi connectivity index (χ2n) is 4.38. The summed E-state index contributed by atoms with van der Waals surface area (Å²) in [6.45, 7) is 6.13. The second kappa shape index (κ2) is 6.11. The van der Waals surface area contributed by atoms with Gasteiger partial charge in [0.2, 0.25) is 0 Å². The molecule has 4 heteroatoms. The van der Waals surface area contributed by atoms with Gasteiger partial charge in [-0.3, -0.25) is 4.79 Å². The molecule has 1 heterocycles. The summed E-state index contributed by atoms with van der Waals surface area (Å²) in [6, 6.07) is -0.0837. The van der Waals surface area contributed by atoms with Gasteiger partial charge in [-0.1, -0.05) is 26.7 Å². The van der Waals surface area contributed by atoms with Gasteiger partial charge in [-0.15, -0.1) is 11.3 Å². The summed E-state index contributed by atoms with van der Waals surface area (Å²) in [4.78, 5) is 16.1. The predicted molar refractivity (Wildman–Crippen MR) is 67.7 cm³/mol. The van der Waals surface area contributed by atoms with Gasteiger partial charge in [-0.2, -0.15) is 0 Å². The summed E-state index contributed by atoms with van der Waals surface area (Å²) in [6.07, 6.45) is 2.81. The van der Waals surface area contributed by atoms with Crippen LogP contribution in [-0.2, 0) is 0 Å². The van der Waals surface area contributed by atoms with Crippen LogP contribution in [0.15, 0.2) is 5.38 Å². The maximum atomic E-state index is 11.9. The van der Waals surface area contributed by atoms with Gasteiger partial charge in [0.25, 0.3) is 0 Å². The summed E-state index contributed by atoms with van der Waals surface area (Å²) in [7, 11) is 0. The first-order chi connectivity index (χ1) is 7.54. The lowest BCUT2D eigenvalue weighted by Crippen LogP contribution is -2.08. The van der Waals surface area contributed by atoms with Crippen LogP contribution in [-0.4, -0.2) is 10.8 Å². The van der Waals surface area contributed by atoms with Gasteiger partial charge in [0.05, 0.1) is 6.04 Å². The SMILES string of the molecule is CCCC(C)CC(=O)c1csc(C(C)N)n1. The molecular weight excluding hydrogens is 220 g/mol. The Labute approximate surface area is 101 Å². The van der Waals surface area contributed by atoms with E-state index < -0.39 is 0 Å². The van der Waals surface area contributed by atoms with Gasteiger partial charge < -0.3 is 5.73 Å². The van der Waals surface area contributed by atoms with E-state index in [2.05, 4.69) is 18.8 Å². The highest BCUT2D eigenvalue weighted by Crippen LogP contribution is 2.19. The van der Waals surface area contributed by atoms with E-state index in [1.54, 1.807) is 0 Å². The van der Waals surface area contributed by atoms with Crippen LogP contribution in [0, 0.1) is 5.92 Å².